The van der Waals surface area contributed by atoms with Crippen LogP contribution in [-0.4, -0.2) is 5.97 Å². The molecular formula is C15H13Cl2NO2. The summed E-state index contributed by atoms with van der Waals surface area (Å²) < 4.78 is 5.38. The second-order valence-electron chi connectivity index (χ2n) is 4.32. The molecule has 20 heavy (non-hydrogen) atoms. The van der Waals surface area contributed by atoms with E-state index in [1.54, 1.807) is 6.92 Å². The summed E-state index contributed by atoms with van der Waals surface area (Å²) in [5.41, 5.74) is 7.08. The number of ether oxygens (including phenoxy) is 1. The Bertz CT molecular complexity index is 629. The molecule has 0 aliphatic carbocycles. The van der Waals surface area contributed by atoms with Gasteiger partial charge in [0.25, 0.3) is 0 Å². The quantitative estimate of drug-likeness (QED) is 0.671. The highest BCUT2D eigenvalue weighted by molar-refractivity contribution is 6.44. The molecule has 104 valence electrons. The van der Waals surface area contributed by atoms with Gasteiger partial charge in [-0.3, -0.25) is 0 Å². The molecule has 0 aliphatic rings. The van der Waals surface area contributed by atoms with E-state index in [9.17, 15) is 4.79 Å². The summed E-state index contributed by atoms with van der Waals surface area (Å²) in [6.45, 7) is 1.79. The molecule has 1 unspecified atom stereocenters. The smallest absolute Gasteiger partial charge is 0.340 e. The van der Waals surface area contributed by atoms with Crippen molar-refractivity contribution in [3.63, 3.8) is 0 Å². The van der Waals surface area contributed by atoms with E-state index in [2.05, 4.69) is 0 Å². The highest BCUT2D eigenvalue weighted by Gasteiger charge is 2.18. The van der Waals surface area contributed by atoms with Gasteiger partial charge in [-0.1, -0.05) is 53.5 Å². The number of hydrogen-bond acceptors (Lipinski definition) is 3. The molecule has 2 rings (SSSR count). The van der Waals surface area contributed by atoms with Gasteiger partial charge < -0.3 is 10.5 Å². The molecule has 0 amide bonds. The van der Waals surface area contributed by atoms with E-state index in [4.69, 9.17) is 33.7 Å². The van der Waals surface area contributed by atoms with Gasteiger partial charge in [-0.25, -0.2) is 4.79 Å². The molecule has 0 radical (unpaired) electrons. The predicted octanol–water partition coefficient (Wildman–Crippen LogP) is 4.49. The normalized spacial score (nSPS) is 11.9. The Hall–Kier alpha value is -1.71. The molecule has 0 saturated carbocycles. The van der Waals surface area contributed by atoms with Crippen LogP contribution in [0.5, 0.6) is 0 Å². The molecule has 0 fully saturated rings. The average molecular weight is 310 g/mol. The van der Waals surface area contributed by atoms with Crippen LogP contribution in [0.15, 0.2) is 42.5 Å². The van der Waals surface area contributed by atoms with E-state index in [1.165, 1.54) is 12.1 Å². The van der Waals surface area contributed by atoms with Crippen LogP contribution in [0.25, 0.3) is 0 Å². The molecule has 0 saturated heterocycles. The summed E-state index contributed by atoms with van der Waals surface area (Å²) >= 11 is 11.9. The third kappa shape index (κ3) is 3.24. The van der Waals surface area contributed by atoms with E-state index in [0.29, 0.717) is 5.69 Å². The lowest BCUT2D eigenvalue weighted by Crippen LogP contribution is -2.10. The molecule has 0 aromatic heterocycles. The fourth-order valence-corrected chi connectivity index (χ4v) is 2.19. The Morgan fingerprint density at radius 2 is 1.85 bits per heavy atom. The first-order valence-electron chi connectivity index (χ1n) is 5.99. The van der Waals surface area contributed by atoms with Crippen molar-refractivity contribution in [2.24, 2.45) is 0 Å². The standard InChI is InChI=1S/C15H13Cl2NO2/c1-9(10-5-3-2-4-6-10)20-15(19)12-7-11(18)8-13(16)14(12)17/h2-9H,18H2,1H3. The number of nitrogens with two attached hydrogens (primary N) is 1. The van der Waals surface area contributed by atoms with Gasteiger partial charge in [0, 0.05) is 5.69 Å². The third-order valence-electron chi connectivity index (χ3n) is 2.82. The fourth-order valence-electron chi connectivity index (χ4n) is 1.77. The highest BCUT2D eigenvalue weighted by atomic mass is 35.5. The van der Waals surface area contributed by atoms with Gasteiger partial charge in [0.15, 0.2) is 0 Å². The van der Waals surface area contributed by atoms with Gasteiger partial charge in [-0.05, 0) is 24.6 Å². The maximum absolute atomic E-state index is 12.1. The number of esters is 1. The maximum Gasteiger partial charge on any atom is 0.340 e. The first-order valence-corrected chi connectivity index (χ1v) is 6.75. The van der Waals surface area contributed by atoms with Crippen LogP contribution in [0.3, 0.4) is 0 Å². The molecular weight excluding hydrogens is 297 g/mol. The number of carbonyl (C=O) groups is 1. The van der Waals surface area contributed by atoms with Crippen LogP contribution in [0.1, 0.15) is 28.9 Å². The number of benzene rings is 2. The van der Waals surface area contributed by atoms with Crippen LogP contribution in [0.4, 0.5) is 5.69 Å². The van der Waals surface area contributed by atoms with E-state index in [1.807, 2.05) is 30.3 Å². The zero-order valence-corrected chi connectivity index (χ0v) is 12.3. The zero-order chi connectivity index (χ0) is 14.7. The van der Waals surface area contributed by atoms with Gasteiger partial charge in [-0.2, -0.15) is 0 Å². The number of hydrogen-bond donors (Lipinski definition) is 1. The van der Waals surface area contributed by atoms with E-state index in [0.717, 1.165) is 5.56 Å². The fraction of sp³-hybridized carbons (Fsp3) is 0.133. The molecule has 0 bridgehead atoms. The minimum atomic E-state index is -0.555. The average Bonchev–Trinajstić information content (AvgIpc) is 2.43. The van der Waals surface area contributed by atoms with Crippen molar-refractivity contribution in [2.75, 3.05) is 5.73 Å². The van der Waals surface area contributed by atoms with Crippen LogP contribution >= 0.6 is 23.2 Å². The minimum absolute atomic E-state index is 0.145. The summed E-state index contributed by atoms with van der Waals surface area (Å²) in [6, 6.07) is 12.4. The van der Waals surface area contributed by atoms with Crippen molar-refractivity contribution < 1.29 is 9.53 Å². The Labute approximate surface area is 127 Å². The minimum Gasteiger partial charge on any atom is -0.454 e. The van der Waals surface area contributed by atoms with Gasteiger partial charge in [0.2, 0.25) is 0 Å². The largest absolute Gasteiger partial charge is 0.454 e. The third-order valence-corrected chi connectivity index (χ3v) is 3.63. The van der Waals surface area contributed by atoms with Crippen LogP contribution < -0.4 is 5.73 Å². The topological polar surface area (TPSA) is 52.3 Å². The number of anilines is 1. The first-order chi connectivity index (χ1) is 9.49. The molecule has 0 heterocycles. The van der Waals surface area contributed by atoms with Crippen molar-refractivity contribution >= 4 is 34.9 Å². The van der Waals surface area contributed by atoms with Crippen molar-refractivity contribution in [1.82, 2.24) is 0 Å². The molecule has 2 N–H and O–H groups in total. The van der Waals surface area contributed by atoms with E-state index in [-0.39, 0.29) is 21.7 Å². The monoisotopic (exact) mass is 309 g/mol. The Morgan fingerprint density at radius 1 is 1.20 bits per heavy atom. The second kappa shape index (κ2) is 6.16. The summed E-state index contributed by atoms with van der Waals surface area (Å²) in [7, 11) is 0. The van der Waals surface area contributed by atoms with Gasteiger partial charge >= 0.3 is 5.97 Å². The molecule has 3 nitrogen and oxygen atoms in total. The van der Waals surface area contributed by atoms with E-state index >= 15 is 0 Å². The maximum atomic E-state index is 12.1. The summed E-state index contributed by atoms with van der Waals surface area (Å²) in [5, 5.41) is 0.372. The summed E-state index contributed by atoms with van der Waals surface area (Å²) in [5.74, 6) is -0.555. The van der Waals surface area contributed by atoms with Gasteiger partial charge in [-0.15, -0.1) is 0 Å². The lowest BCUT2D eigenvalue weighted by molar-refractivity contribution is 0.0338. The molecule has 1 atom stereocenters. The van der Waals surface area contributed by atoms with Crippen molar-refractivity contribution in [2.45, 2.75) is 13.0 Å². The second-order valence-corrected chi connectivity index (χ2v) is 5.11. The van der Waals surface area contributed by atoms with Crippen LogP contribution in [0.2, 0.25) is 10.0 Å². The van der Waals surface area contributed by atoms with Crippen LogP contribution in [0, 0.1) is 0 Å². The SMILES string of the molecule is CC(OC(=O)c1cc(N)cc(Cl)c1Cl)c1ccccc1. The lowest BCUT2D eigenvalue weighted by atomic mass is 10.1. The predicted molar refractivity (Wildman–Crippen MR) is 81.1 cm³/mol. The Kier molecular flexibility index (Phi) is 4.53. The van der Waals surface area contributed by atoms with E-state index < -0.39 is 5.97 Å². The molecule has 0 spiro atoms. The lowest BCUT2D eigenvalue weighted by Gasteiger charge is -2.14. The molecule has 2 aromatic rings. The van der Waals surface area contributed by atoms with Gasteiger partial charge in [0.05, 0.1) is 15.6 Å². The zero-order valence-electron chi connectivity index (χ0n) is 10.8. The molecule has 5 heteroatoms. The highest BCUT2D eigenvalue weighted by Crippen LogP contribution is 2.30. The number of halogens is 2. The van der Waals surface area contributed by atoms with Crippen molar-refractivity contribution in [3.8, 4) is 0 Å². The summed E-state index contributed by atoms with van der Waals surface area (Å²) in [4.78, 5) is 12.1. The van der Waals surface area contributed by atoms with Gasteiger partial charge in [0.1, 0.15) is 6.10 Å². The molecule has 0 aliphatic heterocycles. The van der Waals surface area contributed by atoms with Crippen molar-refractivity contribution in [1.29, 1.82) is 0 Å². The summed E-state index contributed by atoms with van der Waals surface area (Å²) in [6.07, 6.45) is -0.389. The molecule has 2 aromatic carbocycles. The Morgan fingerprint density at radius 3 is 2.50 bits per heavy atom. The first kappa shape index (κ1) is 14.7. The number of rotatable bonds is 3. The number of nitrogen functional groups attached to an aromatic ring is 1. The number of carbonyl (C=O) groups excluding carboxylic acids is 1. The van der Waals surface area contributed by atoms with Crippen LogP contribution in [-0.2, 0) is 4.74 Å². The Balaban J connectivity index is 2.21. The van der Waals surface area contributed by atoms with Crippen molar-refractivity contribution in [3.05, 3.63) is 63.6 Å².